The molecule has 0 unspecified atom stereocenters. The molecule has 11 nitrogen and oxygen atoms in total. The van der Waals surface area contributed by atoms with Crippen molar-refractivity contribution < 1.29 is 23.7 Å². The van der Waals surface area contributed by atoms with Crippen LogP contribution in [0.25, 0.3) is 11.2 Å². The minimum atomic E-state index is -1.24. The number of H-pyrrole nitrogens is 1. The zero-order valence-electron chi connectivity index (χ0n) is 15.1. The Bertz CT molecular complexity index is 1030. The van der Waals surface area contributed by atoms with Crippen molar-refractivity contribution in [2.45, 2.75) is 30.6 Å². The number of aromatic amines is 1. The van der Waals surface area contributed by atoms with Crippen LogP contribution in [0.3, 0.4) is 0 Å². The van der Waals surface area contributed by atoms with E-state index < -0.39 is 24.0 Å². The summed E-state index contributed by atoms with van der Waals surface area (Å²) in [5.41, 5.74) is 6.82. The molecule has 2 saturated heterocycles. The van der Waals surface area contributed by atoms with Gasteiger partial charge in [-0.05, 0) is 12.1 Å². The second-order valence-electron chi connectivity index (χ2n) is 7.06. The van der Waals surface area contributed by atoms with Crippen molar-refractivity contribution in [3.63, 3.8) is 0 Å². The minimum Gasteiger partial charge on any atom is -0.472 e. The number of hydrogen-bond donors (Lipinski definition) is 4. The van der Waals surface area contributed by atoms with Crippen molar-refractivity contribution in [3.05, 3.63) is 35.2 Å². The third-order valence-electron chi connectivity index (χ3n) is 5.07. The van der Waals surface area contributed by atoms with Crippen molar-refractivity contribution in [2.24, 2.45) is 11.6 Å². The molecule has 5 rings (SSSR count). The molecule has 3 aromatic heterocycles. The summed E-state index contributed by atoms with van der Waals surface area (Å²) in [5, 5.41) is 11.7. The van der Waals surface area contributed by atoms with Gasteiger partial charge in [0.15, 0.2) is 23.3 Å². The van der Waals surface area contributed by atoms with Gasteiger partial charge >= 0.3 is 0 Å². The highest BCUT2D eigenvalue weighted by Gasteiger charge is 2.59. The molecule has 2 aliphatic rings. The first-order valence-corrected chi connectivity index (χ1v) is 9.30. The highest BCUT2D eigenvalue weighted by Crippen LogP contribution is 2.36. The number of hydrazine groups is 1. The Hall–Kier alpha value is -2.41. The lowest BCUT2D eigenvalue weighted by Gasteiger charge is -2.27. The molecule has 0 aliphatic carbocycles. The largest absolute Gasteiger partial charge is 0.472 e. The van der Waals surface area contributed by atoms with Crippen LogP contribution in [0.5, 0.6) is 6.01 Å². The van der Waals surface area contributed by atoms with Crippen molar-refractivity contribution in [2.75, 3.05) is 18.2 Å². The standard InChI is InChI=1S/C17H19ClN6O5/c18-9-3-10-14(22-15(9)24(20)4-8-1-2-26-5-8)23-16(21-10)29-12-7-27-13-11(25)6-28-17(12,13)19/h1-3,5,11-13,25H,4,6-7,19-20H2,(H,21,22,23)/t11-,12-,13-,17-/m1/s1. The van der Waals surface area contributed by atoms with Crippen molar-refractivity contribution in [1.82, 2.24) is 15.0 Å². The highest BCUT2D eigenvalue weighted by molar-refractivity contribution is 6.33. The van der Waals surface area contributed by atoms with E-state index in [0.717, 1.165) is 5.56 Å². The van der Waals surface area contributed by atoms with E-state index in [1.54, 1.807) is 24.7 Å². The third-order valence-corrected chi connectivity index (χ3v) is 5.35. The van der Waals surface area contributed by atoms with Gasteiger partial charge in [-0.1, -0.05) is 11.6 Å². The summed E-state index contributed by atoms with van der Waals surface area (Å²) in [6.07, 6.45) is 1.07. The minimum absolute atomic E-state index is 0.0880. The summed E-state index contributed by atoms with van der Waals surface area (Å²) in [4.78, 5) is 11.8. The van der Waals surface area contributed by atoms with Gasteiger partial charge in [0.25, 0.3) is 6.01 Å². The Morgan fingerprint density at radius 3 is 3.07 bits per heavy atom. The maximum Gasteiger partial charge on any atom is 0.296 e. The summed E-state index contributed by atoms with van der Waals surface area (Å²) in [6.45, 7) is 0.610. The number of hydrogen-bond acceptors (Lipinski definition) is 10. The predicted octanol–water partition coefficient (Wildman–Crippen LogP) is 0.277. The number of fused-ring (bicyclic) bond motifs is 2. The summed E-state index contributed by atoms with van der Waals surface area (Å²) >= 11 is 6.35. The van der Waals surface area contributed by atoms with Gasteiger partial charge in [0.05, 0.1) is 42.8 Å². The van der Waals surface area contributed by atoms with Crippen LogP contribution in [0.1, 0.15) is 5.56 Å². The lowest BCUT2D eigenvalue weighted by Crippen LogP contribution is -2.57. The number of anilines is 1. The van der Waals surface area contributed by atoms with Gasteiger partial charge in [-0.3, -0.25) is 10.7 Å². The van der Waals surface area contributed by atoms with E-state index in [4.69, 9.17) is 41.8 Å². The van der Waals surface area contributed by atoms with E-state index >= 15 is 0 Å². The molecular weight excluding hydrogens is 404 g/mol. The number of nitrogens with two attached hydrogens (primary N) is 2. The molecule has 6 N–H and O–H groups in total. The molecule has 5 heterocycles. The molecule has 12 heteroatoms. The van der Waals surface area contributed by atoms with Gasteiger partial charge in [-0.25, -0.2) is 10.8 Å². The summed E-state index contributed by atoms with van der Waals surface area (Å²) in [5.74, 6) is 6.47. The van der Waals surface area contributed by atoms with Crippen LogP contribution in [-0.4, -0.2) is 57.3 Å². The van der Waals surface area contributed by atoms with Crippen LogP contribution >= 0.6 is 11.6 Å². The monoisotopic (exact) mass is 422 g/mol. The topological polar surface area (TPSA) is 158 Å². The van der Waals surface area contributed by atoms with E-state index in [1.807, 2.05) is 0 Å². The fraction of sp³-hybridized carbons (Fsp3) is 0.412. The van der Waals surface area contributed by atoms with Crippen LogP contribution in [-0.2, 0) is 16.0 Å². The van der Waals surface area contributed by atoms with E-state index in [-0.39, 0.29) is 19.2 Å². The first kappa shape index (κ1) is 18.6. The maximum atomic E-state index is 9.91. The number of pyridine rings is 1. The third kappa shape index (κ3) is 3.12. The van der Waals surface area contributed by atoms with Gasteiger partial charge in [-0.15, -0.1) is 0 Å². The van der Waals surface area contributed by atoms with Gasteiger partial charge in [0, 0.05) is 5.56 Å². The quantitative estimate of drug-likeness (QED) is 0.332. The SMILES string of the molecule is NN(Cc1ccoc1)c1nc2nc(O[C@@H]3CO[C@@H]4[C@H](O)CO[C@@]43N)[nH]c2cc1Cl. The van der Waals surface area contributed by atoms with E-state index in [9.17, 15) is 5.11 Å². The molecule has 154 valence electrons. The molecular formula is C17H19ClN6O5. The lowest BCUT2D eigenvalue weighted by atomic mass is 10.0. The maximum absolute atomic E-state index is 9.91. The molecule has 0 radical (unpaired) electrons. The van der Waals surface area contributed by atoms with E-state index in [0.29, 0.717) is 28.5 Å². The molecule has 0 bridgehead atoms. The normalized spacial score (nSPS) is 28.8. The number of nitrogens with one attached hydrogen (secondary N) is 1. The molecule has 0 saturated carbocycles. The Morgan fingerprint density at radius 2 is 2.28 bits per heavy atom. The summed E-state index contributed by atoms with van der Waals surface area (Å²) in [7, 11) is 0. The van der Waals surface area contributed by atoms with Crippen LogP contribution in [0, 0.1) is 0 Å². The fourth-order valence-electron chi connectivity index (χ4n) is 3.60. The predicted molar refractivity (Wildman–Crippen MR) is 101 cm³/mol. The van der Waals surface area contributed by atoms with Gasteiger partial charge in [0.2, 0.25) is 0 Å². The number of ether oxygens (including phenoxy) is 3. The highest BCUT2D eigenvalue weighted by atomic mass is 35.5. The number of aliphatic hydroxyl groups excluding tert-OH is 1. The number of nitrogens with zero attached hydrogens (tertiary/aromatic N) is 3. The second kappa shape index (κ2) is 6.83. The molecule has 29 heavy (non-hydrogen) atoms. The Kier molecular flexibility index (Phi) is 4.38. The first-order chi connectivity index (χ1) is 13.9. The number of furan rings is 1. The average Bonchev–Trinajstić information content (AvgIpc) is 3.43. The Labute approximate surface area is 169 Å². The van der Waals surface area contributed by atoms with Crippen LogP contribution in [0.15, 0.2) is 29.1 Å². The molecule has 0 amide bonds. The zero-order chi connectivity index (χ0) is 20.2. The molecule has 0 spiro atoms. The lowest BCUT2D eigenvalue weighted by molar-refractivity contribution is -0.0647. The molecule has 2 aliphatic heterocycles. The van der Waals surface area contributed by atoms with Crippen molar-refractivity contribution in [3.8, 4) is 6.01 Å². The number of aliphatic hydroxyl groups is 1. The van der Waals surface area contributed by atoms with E-state index in [2.05, 4.69) is 15.0 Å². The van der Waals surface area contributed by atoms with Crippen LogP contribution in [0.2, 0.25) is 5.02 Å². The van der Waals surface area contributed by atoms with Crippen LogP contribution < -0.4 is 21.3 Å². The molecule has 3 aromatic rings. The number of imidazole rings is 1. The van der Waals surface area contributed by atoms with Crippen molar-refractivity contribution in [1.29, 1.82) is 0 Å². The van der Waals surface area contributed by atoms with Gasteiger partial charge in [-0.2, -0.15) is 4.98 Å². The number of aromatic nitrogens is 3. The number of halogens is 1. The molecule has 0 aromatic carbocycles. The molecule has 2 fully saturated rings. The summed E-state index contributed by atoms with van der Waals surface area (Å²) in [6, 6.07) is 3.65. The second-order valence-corrected chi connectivity index (χ2v) is 7.47. The van der Waals surface area contributed by atoms with Crippen molar-refractivity contribution >= 4 is 28.6 Å². The van der Waals surface area contributed by atoms with Gasteiger partial charge < -0.3 is 28.7 Å². The van der Waals surface area contributed by atoms with E-state index in [1.165, 1.54) is 5.01 Å². The zero-order valence-corrected chi connectivity index (χ0v) is 15.9. The fourth-order valence-corrected chi connectivity index (χ4v) is 3.86. The Balaban J connectivity index is 1.38. The number of rotatable bonds is 5. The Morgan fingerprint density at radius 1 is 1.41 bits per heavy atom. The average molecular weight is 423 g/mol. The van der Waals surface area contributed by atoms with Crippen LogP contribution in [0.4, 0.5) is 5.82 Å². The summed E-state index contributed by atoms with van der Waals surface area (Å²) < 4.78 is 22.0. The van der Waals surface area contributed by atoms with Gasteiger partial charge in [0.1, 0.15) is 12.2 Å². The molecule has 4 atom stereocenters. The smallest absolute Gasteiger partial charge is 0.296 e. The first-order valence-electron chi connectivity index (χ1n) is 8.93.